The van der Waals surface area contributed by atoms with E-state index in [0.717, 1.165) is 24.6 Å². The predicted molar refractivity (Wildman–Crippen MR) is 67.2 cm³/mol. The van der Waals surface area contributed by atoms with Gasteiger partial charge in [0.2, 0.25) is 5.95 Å². The summed E-state index contributed by atoms with van der Waals surface area (Å²) in [5.41, 5.74) is 0.722. The van der Waals surface area contributed by atoms with E-state index in [2.05, 4.69) is 17.2 Å². The van der Waals surface area contributed by atoms with Crippen LogP contribution < -0.4 is 5.32 Å². The maximum atomic E-state index is 13.0. The van der Waals surface area contributed by atoms with Crippen LogP contribution in [-0.2, 0) is 6.54 Å². The summed E-state index contributed by atoms with van der Waals surface area (Å²) in [5.74, 6) is 0.309. The molecule has 3 nitrogen and oxygen atoms in total. The molecule has 0 unspecified atom stereocenters. The fourth-order valence-corrected chi connectivity index (χ4v) is 1.74. The highest BCUT2D eigenvalue weighted by molar-refractivity contribution is 6.31. The molecule has 17 heavy (non-hydrogen) atoms. The second-order valence-corrected chi connectivity index (χ2v) is 4.11. The first kappa shape index (κ1) is 11.9. The quantitative estimate of drug-likeness (QED) is 0.898. The fourth-order valence-electron chi connectivity index (χ4n) is 1.56. The highest BCUT2D eigenvalue weighted by Crippen LogP contribution is 2.22. The van der Waals surface area contributed by atoms with E-state index in [-0.39, 0.29) is 5.02 Å². The van der Waals surface area contributed by atoms with Crippen molar-refractivity contribution in [1.29, 1.82) is 0 Å². The van der Waals surface area contributed by atoms with Crippen molar-refractivity contribution in [1.82, 2.24) is 9.55 Å². The molecule has 0 amide bonds. The number of imidazole rings is 1. The van der Waals surface area contributed by atoms with Crippen LogP contribution >= 0.6 is 11.6 Å². The summed E-state index contributed by atoms with van der Waals surface area (Å²) in [4.78, 5) is 4.20. The number of hydrogen-bond acceptors (Lipinski definition) is 2. The molecule has 0 fully saturated rings. The van der Waals surface area contributed by atoms with Crippen molar-refractivity contribution in [3.63, 3.8) is 0 Å². The van der Waals surface area contributed by atoms with Crippen LogP contribution in [0.25, 0.3) is 0 Å². The van der Waals surface area contributed by atoms with E-state index < -0.39 is 5.82 Å². The van der Waals surface area contributed by atoms with Crippen molar-refractivity contribution in [2.24, 2.45) is 0 Å². The summed E-state index contributed by atoms with van der Waals surface area (Å²) in [6, 6.07) is 4.51. The molecule has 0 atom stereocenters. The third-order valence-corrected chi connectivity index (χ3v) is 2.65. The number of nitrogens with one attached hydrogen (secondary N) is 1. The Balaban J connectivity index is 2.19. The van der Waals surface area contributed by atoms with Crippen molar-refractivity contribution < 1.29 is 4.39 Å². The van der Waals surface area contributed by atoms with E-state index in [9.17, 15) is 4.39 Å². The molecule has 1 aromatic carbocycles. The Kier molecular flexibility index (Phi) is 3.64. The lowest BCUT2D eigenvalue weighted by Gasteiger charge is -2.09. The van der Waals surface area contributed by atoms with Gasteiger partial charge in [0.25, 0.3) is 0 Å². The Morgan fingerprint density at radius 1 is 1.47 bits per heavy atom. The molecule has 0 radical (unpaired) electrons. The summed E-state index contributed by atoms with van der Waals surface area (Å²) in [6.45, 7) is 2.98. The van der Waals surface area contributed by atoms with E-state index in [4.69, 9.17) is 11.6 Å². The second kappa shape index (κ2) is 5.19. The van der Waals surface area contributed by atoms with E-state index in [0.29, 0.717) is 0 Å². The number of benzene rings is 1. The summed E-state index contributed by atoms with van der Waals surface area (Å²) in [6.07, 6.45) is 4.65. The monoisotopic (exact) mass is 253 g/mol. The molecular weight excluding hydrogens is 241 g/mol. The Bertz CT molecular complexity index is 510. The third kappa shape index (κ3) is 2.77. The first-order valence-corrected chi connectivity index (χ1v) is 5.81. The number of rotatable bonds is 4. The van der Waals surface area contributed by atoms with Gasteiger partial charge in [-0.05, 0) is 24.6 Å². The van der Waals surface area contributed by atoms with Crippen molar-refractivity contribution in [3.8, 4) is 0 Å². The molecule has 0 spiro atoms. The largest absolute Gasteiger partial charge is 0.326 e. The predicted octanol–water partition coefficient (Wildman–Crippen LogP) is 3.83. The molecule has 1 N–H and O–H groups in total. The van der Waals surface area contributed by atoms with Crippen LogP contribution in [0.5, 0.6) is 0 Å². The topological polar surface area (TPSA) is 29.9 Å². The number of aryl methyl sites for hydroxylation is 1. The van der Waals surface area contributed by atoms with Crippen LogP contribution in [0.4, 0.5) is 16.0 Å². The maximum absolute atomic E-state index is 13.0. The van der Waals surface area contributed by atoms with Gasteiger partial charge in [0, 0.05) is 24.6 Å². The van der Waals surface area contributed by atoms with Gasteiger partial charge in [-0.1, -0.05) is 18.5 Å². The lowest BCUT2D eigenvalue weighted by Crippen LogP contribution is -2.02. The summed E-state index contributed by atoms with van der Waals surface area (Å²) in [5, 5.41) is 3.21. The average Bonchev–Trinajstić information content (AvgIpc) is 2.72. The molecule has 1 heterocycles. The zero-order valence-corrected chi connectivity index (χ0v) is 10.2. The lowest BCUT2D eigenvalue weighted by molar-refractivity contribution is 0.628. The van der Waals surface area contributed by atoms with Crippen molar-refractivity contribution >= 4 is 23.2 Å². The molecule has 0 aliphatic rings. The van der Waals surface area contributed by atoms with Crippen LogP contribution in [-0.4, -0.2) is 9.55 Å². The van der Waals surface area contributed by atoms with Crippen LogP contribution in [0, 0.1) is 5.82 Å². The Labute approximate surface area is 104 Å². The Morgan fingerprint density at radius 3 is 3.00 bits per heavy atom. The van der Waals surface area contributed by atoms with Crippen LogP contribution in [0.1, 0.15) is 13.3 Å². The molecule has 90 valence electrons. The van der Waals surface area contributed by atoms with Gasteiger partial charge >= 0.3 is 0 Å². The molecule has 5 heteroatoms. The second-order valence-electron chi connectivity index (χ2n) is 3.70. The summed E-state index contributed by atoms with van der Waals surface area (Å²) < 4.78 is 15.0. The zero-order valence-electron chi connectivity index (χ0n) is 9.45. The van der Waals surface area contributed by atoms with Gasteiger partial charge in [0.15, 0.2) is 0 Å². The first-order chi connectivity index (χ1) is 8.20. The normalized spacial score (nSPS) is 10.5. The number of halogens is 2. The SMILES string of the molecule is CCCn1ccnc1Nc1ccc(F)c(Cl)c1. The highest BCUT2D eigenvalue weighted by atomic mass is 35.5. The van der Waals surface area contributed by atoms with E-state index in [1.165, 1.54) is 6.07 Å². The third-order valence-electron chi connectivity index (χ3n) is 2.36. The van der Waals surface area contributed by atoms with Gasteiger partial charge in [0.05, 0.1) is 5.02 Å². The van der Waals surface area contributed by atoms with Gasteiger partial charge in [0.1, 0.15) is 5.82 Å². The summed E-state index contributed by atoms with van der Waals surface area (Å²) in [7, 11) is 0. The number of aromatic nitrogens is 2. The molecule has 2 rings (SSSR count). The van der Waals surface area contributed by atoms with Crippen LogP contribution in [0.3, 0.4) is 0 Å². The maximum Gasteiger partial charge on any atom is 0.207 e. The minimum absolute atomic E-state index is 0.101. The minimum Gasteiger partial charge on any atom is -0.326 e. The van der Waals surface area contributed by atoms with E-state index >= 15 is 0 Å². The highest BCUT2D eigenvalue weighted by Gasteiger charge is 2.04. The zero-order chi connectivity index (χ0) is 12.3. The van der Waals surface area contributed by atoms with Crippen molar-refractivity contribution in [2.75, 3.05) is 5.32 Å². The lowest BCUT2D eigenvalue weighted by atomic mass is 10.3. The van der Waals surface area contributed by atoms with Gasteiger partial charge in [-0.3, -0.25) is 0 Å². The number of nitrogens with zero attached hydrogens (tertiary/aromatic N) is 2. The standard InChI is InChI=1S/C12H13ClFN3/c1-2-6-17-7-5-15-12(17)16-9-3-4-11(14)10(13)8-9/h3-5,7-8H,2,6H2,1H3,(H,15,16). The van der Waals surface area contributed by atoms with Gasteiger partial charge in [-0.25, -0.2) is 9.37 Å². The van der Waals surface area contributed by atoms with Gasteiger partial charge < -0.3 is 9.88 Å². The molecule has 1 aromatic heterocycles. The average molecular weight is 254 g/mol. The number of anilines is 2. The molecule has 0 aliphatic carbocycles. The number of hydrogen-bond donors (Lipinski definition) is 1. The minimum atomic E-state index is -0.422. The molecule has 0 bridgehead atoms. The molecule has 0 saturated carbocycles. The molecule has 0 aliphatic heterocycles. The van der Waals surface area contributed by atoms with Gasteiger partial charge in [-0.2, -0.15) is 0 Å². The van der Waals surface area contributed by atoms with E-state index in [1.54, 1.807) is 18.3 Å². The van der Waals surface area contributed by atoms with E-state index in [1.807, 2.05) is 10.8 Å². The molecule has 2 aromatic rings. The van der Waals surface area contributed by atoms with Crippen molar-refractivity contribution in [2.45, 2.75) is 19.9 Å². The Morgan fingerprint density at radius 2 is 2.29 bits per heavy atom. The smallest absolute Gasteiger partial charge is 0.207 e. The van der Waals surface area contributed by atoms with Gasteiger partial charge in [-0.15, -0.1) is 0 Å². The van der Waals surface area contributed by atoms with Crippen LogP contribution in [0.2, 0.25) is 5.02 Å². The first-order valence-electron chi connectivity index (χ1n) is 5.44. The molecular formula is C12H13ClFN3. The summed E-state index contributed by atoms with van der Waals surface area (Å²) >= 11 is 5.71. The Hall–Kier alpha value is -1.55. The van der Waals surface area contributed by atoms with Crippen molar-refractivity contribution in [3.05, 3.63) is 41.4 Å². The van der Waals surface area contributed by atoms with Crippen LogP contribution in [0.15, 0.2) is 30.6 Å². The fraction of sp³-hybridized carbons (Fsp3) is 0.250. The molecule has 0 saturated heterocycles.